The van der Waals surface area contributed by atoms with Crippen molar-refractivity contribution >= 4 is 11.4 Å². The summed E-state index contributed by atoms with van der Waals surface area (Å²) >= 11 is 0. The van der Waals surface area contributed by atoms with Gasteiger partial charge in [-0.05, 0) is 32.1 Å². The van der Waals surface area contributed by atoms with Gasteiger partial charge in [-0.1, -0.05) is 6.92 Å². The van der Waals surface area contributed by atoms with E-state index in [1.807, 2.05) is 14.1 Å². The van der Waals surface area contributed by atoms with Gasteiger partial charge in [-0.15, -0.1) is 0 Å². The standard InChI is InChI=1S/C12H19N3O2/c1-10(9-14(2)3)8-13-11-4-6-12(7-5-11)15(16)17/h4-7,10,13H,8-9H2,1-3H3. The van der Waals surface area contributed by atoms with Crippen molar-refractivity contribution in [1.29, 1.82) is 0 Å². The number of nitrogens with one attached hydrogen (secondary N) is 1. The Morgan fingerprint density at radius 1 is 1.35 bits per heavy atom. The molecule has 17 heavy (non-hydrogen) atoms. The predicted molar refractivity (Wildman–Crippen MR) is 69.3 cm³/mol. The van der Waals surface area contributed by atoms with Crippen LogP contribution in [0.1, 0.15) is 6.92 Å². The van der Waals surface area contributed by atoms with Gasteiger partial charge >= 0.3 is 0 Å². The maximum absolute atomic E-state index is 10.5. The summed E-state index contributed by atoms with van der Waals surface area (Å²) < 4.78 is 0. The number of non-ortho nitro benzene ring substituents is 1. The molecule has 5 heteroatoms. The van der Waals surface area contributed by atoms with Crippen LogP contribution in [0.3, 0.4) is 0 Å². The Hall–Kier alpha value is -1.62. The van der Waals surface area contributed by atoms with E-state index in [0.29, 0.717) is 5.92 Å². The van der Waals surface area contributed by atoms with Crippen LogP contribution in [0.5, 0.6) is 0 Å². The van der Waals surface area contributed by atoms with Crippen molar-refractivity contribution in [3.63, 3.8) is 0 Å². The first-order valence-electron chi connectivity index (χ1n) is 5.62. The van der Waals surface area contributed by atoms with E-state index in [2.05, 4.69) is 17.1 Å². The highest BCUT2D eigenvalue weighted by molar-refractivity contribution is 5.48. The molecule has 0 aliphatic heterocycles. The average molecular weight is 237 g/mol. The van der Waals surface area contributed by atoms with E-state index in [1.165, 1.54) is 12.1 Å². The lowest BCUT2D eigenvalue weighted by Crippen LogP contribution is -2.24. The molecule has 0 spiro atoms. The number of rotatable bonds is 6. The van der Waals surface area contributed by atoms with Crippen molar-refractivity contribution in [2.24, 2.45) is 5.92 Å². The second-order valence-corrected chi connectivity index (χ2v) is 4.55. The fourth-order valence-corrected chi connectivity index (χ4v) is 1.68. The van der Waals surface area contributed by atoms with E-state index in [-0.39, 0.29) is 5.69 Å². The van der Waals surface area contributed by atoms with E-state index < -0.39 is 4.92 Å². The summed E-state index contributed by atoms with van der Waals surface area (Å²) in [5, 5.41) is 13.7. The molecule has 1 aromatic carbocycles. The third-order valence-corrected chi connectivity index (χ3v) is 2.41. The molecule has 94 valence electrons. The molecule has 1 rings (SSSR count). The molecular weight excluding hydrogens is 218 g/mol. The highest BCUT2D eigenvalue weighted by Crippen LogP contribution is 2.15. The van der Waals surface area contributed by atoms with Crippen LogP contribution in [-0.4, -0.2) is 37.0 Å². The molecule has 0 heterocycles. The molecule has 0 saturated carbocycles. The van der Waals surface area contributed by atoms with Gasteiger partial charge in [0.1, 0.15) is 0 Å². The monoisotopic (exact) mass is 237 g/mol. The van der Waals surface area contributed by atoms with Gasteiger partial charge in [0.2, 0.25) is 0 Å². The maximum Gasteiger partial charge on any atom is 0.269 e. The Morgan fingerprint density at radius 3 is 2.41 bits per heavy atom. The van der Waals surface area contributed by atoms with Gasteiger partial charge in [-0.2, -0.15) is 0 Å². The summed E-state index contributed by atoms with van der Waals surface area (Å²) in [7, 11) is 4.09. The zero-order valence-corrected chi connectivity index (χ0v) is 10.5. The van der Waals surface area contributed by atoms with Crippen LogP contribution in [0.25, 0.3) is 0 Å². The third kappa shape index (κ3) is 4.82. The fourth-order valence-electron chi connectivity index (χ4n) is 1.68. The quantitative estimate of drug-likeness (QED) is 0.608. The van der Waals surface area contributed by atoms with Crippen LogP contribution in [-0.2, 0) is 0 Å². The summed E-state index contributed by atoms with van der Waals surface area (Å²) in [6, 6.07) is 6.50. The van der Waals surface area contributed by atoms with E-state index in [0.717, 1.165) is 18.8 Å². The number of nitrogens with zero attached hydrogens (tertiary/aromatic N) is 2. The lowest BCUT2D eigenvalue weighted by Gasteiger charge is -2.17. The third-order valence-electron chi connectivity index (χ3n) is 2.41. The number of nitro benzene ring substituents is 1. The molecule has 0 bridgehead atoms. The largest absolute Gasteiger partial charge is 0.385 e. The van der Waals surface area contributed by atoms with Gasteiger partial charge in [0.15, 0.2) is 0 Å². The van der Waals surface area contributed by atoms with Crippen LogP contribution >= 0.6 is 0 Å². The molecule has 1 unspecified atom stereocenters. The topological polar surface area (TPSA) is 58.4 Å². The molecule has 5 nitrogen and oxygen atoms in total. The molecule has 0 aromatic heterocycles. The highest BCUT2D eigenvalue weighted by atomic mass is 16.6. The van der Waals surface area contributed by atoms with Crippen molar-refractivity contribution in [3.05, 3.63) is 34.4 Å². The number of nitro groups is 1. The summed E-state index contributed by atoms with van der Waals surface area (Å²) in [5.74, 6) is 0.528. The van der Waals surface area contributed by atoms with Gasteiger partial charge in [0.05, 0.1) is 4.92 Å². The SMILES string of the molecule is CC(CNc1ccc([N+](=O)[O-])cc1)CN(C)C. The lowest BCUT2D eigenvalue weighted by molar-refractivity contribution is -0.384. The molecular formula is C12H19N3O2. The fraction of sp³-hybridized carbons (Fsp3) is 0.500. The summed E-state index contributed by atoms with van der Waals surface area (Å²) in [5.41, 5.74) is 1.04. The Labute approximate surface area is 102 Å². The Bertz CT molecular complexity index is 363. The first-order chi connectivity index (χ1) is 7.99. The minimum atomic E-state index is -0.390. The predicted octanol–water partition coefficient (Wildman–Crippen LogP) is 2.20. The number of hydrogen-bond donors (Lipinski definition) is 1. The van der Waals surface area contributed by atoms with E-state index in [9.17, 15) is 10.1 Å². The molecule has 1 atom stereocenters. The van der Waals surface area contributed by atoms with Gasteiger partial charge in [0.25, 0.3) is 5.69 Å². The number of benzene rings is 1. The van der Waals surface area contributed by atoms with Crippen LogP contribution < -0.4 is 5.32 Å². The second-order valence-electron chi connectivity index (χ2n) is 4.55. The number of hydrogen-bond acceptors (Lipinski definition) is 4. The minimum Gasteiger partial charge on any atom is -0.385 e. The van der Waals surface area contributed by atoms with E-state index in [1.54, 1.807) is 12.1 Å². The normalized spacial score (nSPS) is 12.5. The summed E-state index contributed by atoms with van der Waals surface area (Å²) in [6.07, 6.45) is 0. The lowest BCUT2D eigenvalue weighted by atomic mass is 10.1. The molecule has 1 N–H and O–H groups in total. The molecule has 0 radical (unpaired) electrons. The molecule has 1 aromatic rings. The zero-order chi connectivity index (χ0) is 12.8. The first-order valence-corrected chi connectivity index (χ1v) is 5.62. The van der Waals surface area contributed by atoms with Crippen molar-refractivity contribution < 1.29 is 4.92 Å². The van der Waals surface area contributed by atoms with Gasteiger partial charge < -0.3 is 10.2 Å². The zero-order valence-electron chi connectivity index (χ0n) is 10.5. The molecule has 0 amide bonds. The smallest absolute Gasteiger partial charge is 0.269 e. The summed E-state index contributed by atoms with van der Waals surface area (Å²) in [4.78, 5) is 12.2. The van der Waals surface area contributed by atoms with Crippen molar-refractivity contribution in [2.75, 3.05) is 32.5 Å². The minimum absolute atomic E-state index is 0.122. The van der Waals surface area contributed by atoms with Crippen molar-refractivity contribution in [2.45, 2.75) is 6.92 Å². The van der Waals surface area contributed by atoms with E-state index in [4.69, 9.17) is 0 Å². The maximum atomic E-state index is 10.5. The Kier molecular flexibility index (Phi) is 4.90. The van der Waals surface area contributed by atoms with Crippen LogP contribution in [0.2, 0.25) is 0 Å². The number of anilines is 1. The van der Waals surface area contributed by atoms with Gasteiger partial charge in [-0.3, -0.25) is 10.1 Å². The summed E-state index contributed by atoms with van der Waals surface area (Å²) in [6.45, 7) is 4.04. The van der Waals surface area contributed by atoms with Crippen LogP contribution in [0.15, 0.2) is 24.3 Å². The van der Waals surface area contributed by atoms with E-state index >= 15 is 0 Å². The molecule has 0 aliphatic rings. The Morgan fingerprint density at radius 2 is 1.94 bits per heavy atom. The average Bonchev–Trinajstić information content (AvgIpc) is 2.26. The van der Waals surface area contributed by atoms with Crippen molar-refractivity contribution in [3.8, 4) is 0 Å². The Balaban J connectivity index is 2.44. The van der Waals surface area contributed by atoms with Gasteiger partial charge in [-0.25, -0.2) is 0 Å². The second kappa shape index (κ2) is 6.20. The highest BCUT2D eigenvalue weighted by Gasteiger charge is 2.05. The van der Waals surface area contributed by atoms with Crippen LogP contribution in [0, 0.1) is 16.0 Å². The molecule has 0 fully saturated rings. The molecule has 0 aliphatic carbocycles. The van der Waals surface area contributed by atoms with Crippen LogP contribution in [0.4, 0.5) is 11.4 Å². The first kappa shape index (κ1) is 13.4. The molecule has 0 saturated heterocycles. The van der Waals surface area contributed by atoms with Gasteiger partial charge in [0, 0.05) is 30.9 Å². The van der Waals surface area contributed by atoms with Crippen molar-refractivity contribution in [1.82, 2.24) is 4.90 Å².